The topological polar surface area (TPSA) is 129 Å². The number of nitrogens with one attached hydrogen (secondary N) is 3. The first-order chi connectivity index (χ1) is 20.1. The standard InChI is InChI=1S/C29H36FN7O4S/c1-5-37-23(10-11-31-37)27(39)32-19(3)26(38)33-22-9-8-20(17-21(22)30)18(2)25(34-28(40)24-7-6-16-42-24)29(41)36-14-12-35(4)13-15-36/h6-11,16-19,25H,5,12-15H2,1-4H3,(H,32,39)(H,33,38)(H,34,40)/t18-,19-,25+/m0/s1. The van der Waals surface area contributed by atoms with E-state index in [9.17, 15) is 19.2 Å². The summed E-state index contributed by atoms with van der Waals surface area (Å²) in [6, 6.07) is 7.41. The maximum atomic E-state index is 15.3. The van der Waals surface area contributed by atoms with Crippen molar-refractivity contribution in [2.45, 2.75) is 45.3 Å². The maximum absolute atomic E-state index is 15.3. The van der Waals surface area contributed by atoms with Crippen LogP contribution in [0.4, 0.5) is 10.1 Å². The van der Waals surface area contributed by atoms with Gasteiger partial charge in [0.2, 0.25) is 11.8 Å². The Morgan fingerprint density at radius 1 is 1.02 bits per heavy atom. The Bertz CT molecular complexity index is 1420. The summed E-state index contributed by atoms with van der Waals surface area (Å²) in [5, 5.41) is 13.8. The van der Waals surface area contributed by atoms with Crippen molar-refractivity contribution in [2.24, 2.45) is 0 Å². The minimum Gasteiger partial charge on any atom is -0.339 e. The molecule has 2 aromatic heterocycles. The molecule has 1 saturated heterocycles. The molecule has 224 valence electrons. The second-order valence-corrected chi connectivity index (χ2v) is 11.2. The summed E-state index contributed by atoms with van der Waals surface area (Å²) in [7, 11) is 1.99. The molecule has 42 heavy (non-hydrogen) atoms. The number of hydrogen-bond acceptors (Lipinski definition) is 7. The van der Waals surface area contributed by atoms with Crippen molar-refractivity contribution in [2.75, 3.05) is 38.5 Å². The zero-order valence-electron chi connectivity index (χ0n) is 24.1. The predicted octanol–water partition coefficient (Wildman–Crippen LogP) is 2.54. The number of thiophene rings is 1. The summed E-state index contributed by atoms with van der Waals surface area (Å²) in [4.78, 5) is 56.2. The third-order valence-electron chi connectivity index (χ3n) is 7.38. The van der Waals surface area contributed by atoms with Crippen LogP contribution in [0.1, 0.15) is 52.4 Å². The molecule has 3 heterocycles. The molecule has 0 saturated carbocycles. The number of aromatic nitrogens is 2. The minimum atomic E-state index is -0.950. The predicted molar refractivity (Wildman–Crippen MR) is 158 cm³/mol. The van der Waals surface area contributed by atoms with Gasteiger partial charge in [0.15, 0.2) is 0 Å². The Balaban J connectivity index is 1.46. The molecule has 13 heteroatoms. The van der Waals surface area contributed by atoms with Gasteiger partial charge in [0.05, 0.1) is 10.6 Å². The first-order valence-electron chi connectivity index (χ1n) is 13.8. The van der Waals surface area contributed by atoms with Crippen LogP contribution in [0.3, 0.4) is 0 Å². The number of nitrogens with zero attached hydrogens (tertiary/aromatic N) is 4. The smallest absolute Gasteiger partial charge is 0.270 e. The number of rotatable bonds is 10. The lowest BCUT2D eigenvalue weighted by Crippen LogP contribution is -2.55. The molecule has 0 aliphatic carbocycles. The fraction of sp³-hybridized carbons (Fsp3) is 0.414. The molecule has 3 aromatic rings. The van der Waals surface area contributed by atoms with E-state index in [1.807, 2.05) is 14.0 Å². The number of likely N-dealkylation sites (N-methyl/N-ethyl adjacent to an activating group) is 1. The monoisotopic (exact) mass is 597 g/mol. The average molecular weight is 598 g/mol. The highest BCUT2D eigenvalue weighted by atomic mass is 32.1. The second kappa shape index (κ2) is 13.7. The Labute approximate surface area is 248 Å². The van der Waals surface area contributed by atoms with Crippen LogP contribution in [0.5, 0.6) is 0 Å². The molecule has 4 amide bonds. The highest BCUT2D eigenvalue weighted by Crippen LogP contribution is 2.26. The summed E-state index contributed by atoms with van der Waals surface area (Å²) < 4.78 is 16.8. The summed E-state index contributed by atoms with van der Waals surface area (Å²) >= 11 is 1.27. The number of piperazine rings is 1. The van der Waals surface area contributed by atoms with Crippen molar-refractivity contribution in [1.82, 2.24) is 30.2 Å². The lowest BCUT2D eigenvalue weighted by atomic mass is 9.91. The van der Waals surface area contributed by atoms with E-state index < -0.39 is 35.6 Å². The van der Waals surface area contributed by atoms with Crippen molar-refractivity contribution in [1.29, 1.82) is 0 Å². The lowest BCUT2D eigenvalue weighted by molar-refractivity contribution is -0.135. The third-order valence-corrected chi connectivity index (χ3v) is 8.25. The summed E-state index contributed by atoms with van der Waals surface area (Å²) in [5.74, 6) is -2.94. The molecule has 1 fully saturated rings. The van der Waals surface area contributed by atoms with E-state index in [-0.39, 0.29) is 17.5 Å². The summed E-state index contributed by atoms with van der Waals surface area (Å²) in [6.45, 7) is 8.09. The first kappa shape index (κ1) is 30.8. The number of anilines is 1. The molecule has 4 rings (SSSR count). The van der Waals surface area contributed by atoms with Gasteiger partial charge < -0.3 is 25.8 Å². The molecule has 0 spiro atoms. The zero-order valence-corrected chi connectivity index (χ0v) is 24.9. The normalized spacial score (nSPS) is 15.9. The van der Waals surface area contributed by atoms with E-state index in [1.54, 1.807) is 41.5 Å². The van der Waals surface area contributed by atoms with Crippen molar-refractivity contribution in [3.05, 3.63) is 69.9 Å². The van der Waals surface area contributed by atoms with Gasteiger partial charge in [-0.2, -0.15) is 5.10 Å². The van der Waals surface area contributed by atoms with Crippen LogP contribution in [-0.4, -0.2) is 88.5 Å². The maximum Gasteiger partial charge on any atom is 0.270 e. The number of aryl methyl sites for hydroxylation is 1. The molecular weight excluding hydrogens is 561 g/mol. The Kier molecular flexibility index (Phi) is 10.1. The van der Waals surface area contributed by atoms with Crippen LogP contribution < -0.4 is 16.0 Å². The molecule has 3 atom stereocenters. The van der Waals surface area contributed by atoms with E-state index >= 15 is 4.39 Å². The third kappa shape index (κ3) is 7.21. The second-order valence-electron chi connectivity index (χ2n) is 10.3. The minimum absolute atomic E-state index is 0.0692. The van der Waals surface area contributed by atoms with Gasteiger partial charge in [0, 0.05) is 44.8 Å². The lowest BCUT2D eigenvalue weighted by Gasteiger charge is -2.36. The molecular formula is C29H36FN7O4S. The number of halogens is 1. The van der Waals surface area contributed by atoms with E-state index in [2.05, 4.69) is 25.9 Å². The van der Waals surface area contributed by atoms with Crippen molar-refractivity contribution < 1.29 is 23.6 Å². The van der Waals surface area contributed by atoms with Gasteiger partial charge in [-0.3, -0.25) is 23.9 Å². The molecule has 0 unspecified atom stereocenters. The number of carbonyl (C=O) groups is 4. The first-order valence-corrected chi connectivity index (χ1v) is 14.7. The van der Waals surface area contributed by atoms with Gasteiger partial charge in [-0.25, -0.2) is 4.39 Å². The Hall–Kier alpha value is -4.10. The van der Waals surface area contributed by atoms with Gasteiger partial charge >= 0.3 is 0 Å². The van der Waals surface area contributed by atoms with Crippen LogP contribution >= 0.6 is 11.3 Å². The van der Waals surface area contributed by atoms with E-state index in [0.717, 1.165) is 13.1 Å². The molecule has 1 aliphatic heterocycles. The highest BCUT2D eigenvalue weighted by Gasteiger charge is 2.33. The van der Waals surface area contributed by atoms with Crippen LogP contribution in [0.2, 0.25) is 0 Å². The number of benzene rings is 1. The van der Waals surface area contributed by atoms with Crippen molar-refractivity contribution in [3.8, 4) is 0 Å². The van der Waals surface area contributed by atoms with E-state index in [4.69, 9.17) is 0 Å². The molecule has 3 N–H and O–H groups in total. The van der Waals surface area contributed by atoms with Gasteiger partial charge in [0.1, 0.15) is 23.6 Å². The van der Waals surface area contributed by atoms with Gasteiger partial charge in [-0.15, -0.1) is 11.3 Å². The molecule has 1 aliphatic rings. The highest BCUT2D eigenvalue weighted by molar-refractivity contribution is 7.12. The average Bonchev–Trinajstić information content (AvgIpc) is 3.69. The zero-order chi connectivity index (χ0) is 30.4. The van der Waals surface area contributed by atoms with Crippen LogP contribution in [0, 0.1) is 5.82 Å². The van der Waals surface area contributed by atoms with Gasteiger partial charge in [-0.05, 0) is 56.1 Å². The number of hydrogen-bond donors (Lipinski definition) is 3. The van der Waals surface area contributed by atoms with Crippen molar-refractivity contribution >= 4 is 40.7 Å². The fourth-order valence-corrected chi connectivity index (χ4v) is 5.33. The molecule has 0 bridgehead atoms. The SMILES string of the molecule is CCn1nccc1C(=O)N[C@@H](C)C(=O)Nc1ccc([C@H](C)[C@@H](NC(=O)c2cccs2)C(=O)N2CCN(C)CC2)cc1F. The molecule has 0 radical (unpaired) electrons. The van der Waals surface area contributed by atoms with Crippen LogP contribution in [0.25, 0.3) is 0 Å². The fourth-order valence-electron chi connectivity index (χ4n) is 4.71. The van der Waals surface area contributed by atoms with Gasteiger partial charge in [0.25, 0.3) is 11.8 Å². The summed E-state index contributed by atoms with van der Waals surface area (Å²) in [6.07, 6.45) is 1.50. The largest absolute Gasteiger partial charge is 0.339 e. The molecule has 1 aromatic carbocycles. The number of carbonyl (C=O) groups excluding carboxylic acids is 4. The number of amides is 4. The Morgan fingerprint density at radius 2 is 1.76 bits per heavy atom. The quantitative estimate of drug-likeness (QED) is 0.330. The van der Waals surface area contributed by atoms with Crippen molar-refractivity contribution in [3.63, 3.8) is 0 Å². The van der Waals surface area contributed by atoms with Crippen LogP contribution in [0.15, 0.2) is 48.0 Å². The summed E-state index contributed by atoms with van der Waals surface area (Å²) in [5.41, 5.74) is 0.729. The van der Waals surface area contributed by atoms with E-state index in [1.165, 1.54) is 41.3 Å². The Morgan fingerprint density at radius 3 is 2.40 bits per heavy atom. The van der Waals surface area contributed by atoms with Gasteiger partial charge in [-0.1, -0.05) is 19.1 Å². The van der Waals surface area contributed by atoms with E-state index in [0.29, 0.717) is 35.8 Å². The molecule has 11 nitrogen and oxygen atoms in total. The van der Waals surface area contributed by atoms with Crippen LogP contribution in [-0.2, 0) is 16.1 Å².